The minimum atomic E-state index is -0.854. The number of rotatable bonds is 4. The number of ether oxygens (including phenoxy) is 1. The number of carbonyl (C=O) groups excluding carboxylic acids is 1. The molecule has 4 nitrogen and oxygen atoms in total. The number of esters is 1. The SMILES string of the molecule is CCOC(=O)c1ccc2cc(C(C)C(=O)O)ccc2c1. The van der Waals surface area contributed by atoms with Crippen LogP contribution in [0, 0.1) is 0 Å². The van der Waals surface area contributed by atoms with Crippen molar-refractivity contribution in [3.05, 3.63) is 47.5 Å². The van der Waals surface area contributed by atoms with Crippen molar-refractivity contribution >= 4 is 22.7 Å². The third kappa shape index (κ3) is 2.79. The first-order chi connectivity index (χ1) is 9.52. The van der Waals surface area contributed by atoms with Gasteiger partial charge in [0.05, 0.1) is 18.1 Å². The molecule has 1 N–H and O–H groups in total. The highest BCUT2D eigenvalue weighted by molar-refractivity contribution is 5.95. The van der Waals surface area contributed by atoms with Gasteiger partial charge in [0.15, 0.2) is 0 Å². The first-order valence-corrected chi connectivity index (χ1v) is 6.46. The first-order valence-electron chi connectivity index (χ1n) is 6.46. The molecule has 0 saturated heterocycles. The van der Waals surface area contributed by atoms with E-state index in [9.17, 15) is 9.59 Å². The van der Waals surface area contributed by atoms with Crippen LogP contribution in [0.4, 0.5) is 0 Å². The van der Waals surface area contributed by atoms with Crippen molar-refractivity contribution in [1.29, 1.82) is 0 Å². The zero-order chi connectivity index (χ0) is 14.7. The van der Waals surface area contributed by atoms with Gasteiger partial charge in [-0.2, -0.15) is 0 Å². The lowest BCUT2D eigenvalue weighted by Crippen LogP contribution is -2.07. The van der Waals surface area contributed by atoms with Gasteiger partial charge in [-0.15, -0.1) is 0 Å². The molecule has 0 aliphatic carbocycles. The lowest BCUT2D eigenvalue weighted by atomic mass is 9.97. The summed E-state index contributed by atoms with van der Waals surface area (Å²) < 4.78 is 4.95. The fourth-order valence-electron chi connectivity index (χ4n) is 2.02. The summed E-state index contributed by atoms with van der Waals surface area (Å²) in [4.78, 5) is 22.6. The lowest BCUT2D eigenvalue weighted by Gasteiger charge is -2.09. The Bertz CT molecular complexity index is 661. The Kier molecular flexibility index (Phi) is 4.03. The summed E-state index contributed by atoms with van der Waals surface area (Å²) in [7, 11) is 0. The van der Waals surface area contributed by atoms with Crippen LogP contribution < -0.4 is 0 Å². The average Bonchev–Trinajstić information content (AvgIpc) is 2.45. The average molecular weight is 272 g/mol. The van der Waals surface area contributed by atoms with E-state index < -0.39 is 11.9 Å². The summed E-state index contributed by atoms with van der Waals surface area (Å²) in [5, 5.41) is 10.8. The Hall–Kier alpha value is -2.36. The number of fused-ring (bicyclic) bond motifs is 1. The van der Waals surface area contributed by atoms with Gasteiger partial charge in [0.1, 0.15) is 0 Å². The monoisotopic (exact) mass is 272 g/mol. The van der Waals surface area contributed by atoms with Crippen molar-refractivity contribution in [1.82, 2.24) is 0 Å². The van der Waals surface area contributed by atoms with Gasteiger partial charge in [-0.25, -0.2) is 4.79 Å². The summed E-state index contributed by atoms with van der Waals surface area (Å²) in [6, 6.07) is 10.7. The maximum Gasteiger partial charge on any atom is 0.338 e. The fourth-order valence-corrected chi connectivity index (χ4v) is 2.02. The molecule has 1 atom stereocenters. The normalized spacial score (nSPS) is 12.1. The molecule has 2 aromatic carbocycles. The molecule has 0 bridgehead atoms. The van der Waals surface area contributed by atoms with E-state index in [0.717, 1.165) is 16.3 Å². The Balaban J connectivity index is 2.39. The minimum absolute atomic E-state index is 0.339. The van der Waals surface area contributed by atoms with E-state index in [2.05, 4.69) is 0 Å². The molecule has 0 aliphatic heterocycles. The van der Waals surface area contributed by atoms with Gasteiger partial charge in [0, 0.05) is 0 Å². The smallest absolute Gasteiger partial charge is 0.338 e. The summed E-state index contributed by atoms with van der Waals surface area (Å²) in [5.41, 5.74) is 1.24. The standard InChI is InChI=1S/C16H16O4/c1-3-20-16(19)14-7-6-12-8-11(10(2)15(17)18)4-5-13(12)9-14/h4-10H,3H2,1-2H3,(H,17,18). The van der Waals surface area contributed by atoms with Crippen molar-refractivity contribution in [2.24, 2.45) is 0 Å². The van der Waals surface area contributed by atoms with Crippen LogP contribution in [-0.4, -0.2) is 23.7 Å². The molecule has 4 heteroatoms. The second-order valence-corrected chi connectivity index (χ2v) is 4.60. The van der Waals surface area contributed by atoms with Crippen LogP contribution in [0.15, 0.2) is 36.4 Å². The number of benzene rings is 2. The van der Waals surface area contributed by atoms with E-state index in [1.54, 1.807) is 38.1 Å². The predicted molar refractivity (Wildman–Crippen MR) is 76.0 cm³/mol. The van der Waals surface area contributed by atoms with E-state index in [0.29, 0.717) is 12.2 Å². The van der Waals surface area contributed by atoms with Crippen molar-refractivity contribution in [3.8, 4) is 0 Å². The molecule has 1 unspecified atom stereocenters. The van der Waals surface area contributed by atoms with Crippen LogP contribution in [0.2, 0.25) is 0 Å². The summed E-state index contributed by atoms with van der Waals surface area (Å²) in [6.07, 6.45) is 0. The van der Waals surface area contributed by atoms with Crippen molar-refractivity contribution in [3.63, 3.8) is 0 Å². The molecule has 0 fully saturated rings. The highest BCUT2D eigenvalue weighted by Gasteiger charge is 2.14. The van der Waals surface area contributed by atoms with Crippen molar-refractivity contribution < 1.29 is 19.4 Å². The lowest BCUT2D eigenvalue weighted by molar-refractivity contribution is -0.138. The van der Waals surface area contributed by atoms with Gasteiger partial charge in [-0.05, 0) is 42.3 Å². The second-order valence-electron chi connectivity index (χ2n) is 4.60. The maximum atomic E-state index is 11.7. The first kappa shape index (κ1) is 14.1. The van der Waals surface area contributed by atoms with Gasteiger partial charge in [0.25, 0.3) is 0 Å². The van der Waals surface area contributed by atoms with Crippen LogP contribution in [0.3, 0.4) is 0 Å². The van der Waals surface area contributed by atoms with Crippen LogP contribution in [0.1, 0.15) is 35.7 Å². The maximum absolute atomic E-state index is 11.7. The largest absolute Gasteiger partial charge is 0.481 e. The molecule has 0 saturated carbocycles. The fraction of sp³-hybridized carbons (Fsp3) is 0.250. The third-order valence-corrected chi connectivity index (χ3v) is 3.25. The molecule has 2 rings (SSSR count). The van der Waals surface area contributed by atoms with Crippen LogP contribution in [0.25, 0.3) is 10.8 Å². The molecule has 0 heterocycles. The highest BCUT2D eigenvalue weighted by Crippen LogP contribution is 2.23. The predicted octanol–water partition coefficient (Wildman–Crippen LogP) is 3.20. The Morgan fingerprint density at radius 2 is 1.80 bits per heavy atom. The highest BCUT2D eigenvalue weighted by atomic mass is 16.5. The van der Waals surface area contributed by atoms with Gasteiger partial charge in [-0.1, -0.05) is 24.3 Å². The zero-order valence-corrected chi connectivity index (χ0v) is 11.4. The van der Waals surface area contributed by atoms with Crippen LogP contribution in [-0.2, 0) is 9.53 Å². The van der Waals surface area contributed by atoms with Gasteiger partial charge in [-0.3, -0.25) is 4.79 Å². The second kappa shape index (κ2) is 5.74. The van der Waals surface area contributed by atoms with Crippen molar-refractivity contribution in [2.75, 3.05) is 6.61 Å². The third-order valence-electron chi connectivity index (χ3n) is 3.25. The Morgan fingerprint density at radius 1 is 1.15 bits per heavy atom. The minimum Gasteiger partial charge on any atom is -0.481 e. The van der Waals surface area contributed by atoms with Crippen LogP contribution in [0.5, 0.6) is 0 Å². The molecule has 20 heavy (non-hydrogen) atoms. The number of hydrogen-bond donors (Lipinski definition) is 1. The van der Waals surface area contributed by atoms with E-state index in [1.165, 1.54) is 0 Å². The molecule has 0 aromatic heterocycles. The number of aliphatic carboxylic acids is 1. The molecular weight excluding hydrogens is 256 g/mol. The van der Waals surface area contributed by atoms with Gasteiger partial charge < -0.3 is 9.84 Å². The molecule has 0 amide bonds. The van der Waals surface area contributed by atoms with E-state index in [1.807, 2.05) is 12.1 Å². The molecule has 0 radical (unpaired) electrons. The summed E-state index contributed by atoms with van der Waals surface area (Å²) in [6.45, 7) is 3.75. The van der Waals surface area contributed by atoms with Gasteiger partial charge in [0.2, 0.25) is 0 Å². The topological polar surface area (TPSA) is 63.6 Å². The number of carboxylic acids is 1. The quantitative estimate of drug-likeness (QED) is 0.868. The Labute approximate surface area is 117 Å². The molecular formula is C16H16O4. The summed E-state index contributed by atoms with van der Waals surface area (Å²) >= 11 is 0. The van der Waals surface area contributed by atoms with Crippen molar-refractivity contribution in [2.45, 2.75) is 19.8 Å². The van der Waals surface area contributed by atoms with Gasteiger partial charge >= 0.3 is 11.9 Å². The van der Waals surface area contributed by atoms with E-state index >= 15 is 0 Å². The molecule has 104 valence electrons. The number of carbonyl (C=O) groups is 2. The number of carboxylic acid groups (broad SMARTS) is 1. The zero-order valence-electron chi connectivity index (χ0n) is 11.4. The van der Waals surface area contributed by atoms with E-state index in [4.69, 9.17) is 9.84 Å². The number of hydrogen-bond acceptors (Lipinski definition) is 3. The molecule has 2 aromatic rings. The molecule has 0 spiro atoms. The van der Waals surface area contributed by atoms with E-state index in [-0.39, 0.29) is 5.97 Å². The Morgan fingerprint density at radius 3 is 2.45 bits per heavy atom. The summed E-state index contributed by atoms with van der Waals surface area (Å²) in [5.74, 6) is -1.76. The molecule has 0 aliphatic rings. The van der Waals surface area contributed by atoms with Crippen LogP contribution >= 0.6 is 0 Å².